The van der Waals surface area contributed by atoms with E-state index < -0.39 is 24.6 Å². The average Bonchev–Trinajstić information content (AvgIpc) is 3.19. The molecule has 0 aromatic heterocycles. The van der Waals surface area contributed by atoms with E-state index in [9.17, 15) is 25.2 Å². The predicted octanol–water partition coefficient (Wildman–Crippen LogP) is 8.90. The molecule has 1 saturated carbocycles. The van der Waals surface area contributed by atoms with Gasteiger partial charge in [0, 0.05) is 24.4 Å². The number of hydrogen-bond acceptors (Lipinski definition) is 7. The molecule has 0 saturated heterocycles. The van der Waals surface area contributed by atoms with Crippen LogP contribution in [-0.2, 0) is 28.8 Å². The molecule has 3 aromatic carbocycles. The molecule has 54 heavy (non-hydrogen) atoms. The van der Waals surface area contributed by atoms with E-state index in [-0.39, 0.29) is 37.8 Å². The Morgan fingerprint density at radius 3 is 1.98 bits per heavy atom. The van der Waals surface area contributed by atoms with Crippen molar-refractivity contribution in [2.24, 2.45) is 11.3 Å². The standard InChI is InChI=1S/C46H63FO7/c1-5-7-8-11-33-14-16-35(17-15-33)37-19-21-42(43(47)27-37)41-20-18-36(24-34(41)6-2)40-25-38(12-9-22-48)44(39(26-40)13-10-23-49)53-30-46(28-50,29-51)31-54-45(52)32(3)4/h18-21,24-27,33,35,48-51H,3,5-17,22-23,28-31H2,1-2,4H3. The molecule has 296 valence electrons. The van der Waals surface area contributed by atoms with Crippen molar-refractivity contribution in [2.75, 3.05) is 39.6 Å². The summed E-state index contributed by atoms with van der Waals surface area (Å²) in [6, 6.07) is 16.0. The molecule has 8 heteroatoms. The summed E-state index contributed by atoms with van der Waals surface area (Å²) in [5.41, 5.74) is 6.10. The van der Waals surface area contributed by atoms with Crippen molar-refractivity contribution >= 4 is 5.97 Å². The van der Waals surface area contributed by atoms with Gasteiger partial charge in [-0.1, -0.05) is 76.4 Å². The molecule has 1 aliphatic carbocycles. The SMILES string of the molecule is C=C(C)C(=O)OCC(CO)(CO)COc1c(CCCO)cc(-c2ccc(-c3ccc(C4CCC(CCCCC)CC4)cc3F)c(CC)c2)cc1CCCO. The van der Waals surface area contributed by atoms with Crippen LogP contribution in [0.25, 0.3) is 22.3 Å². The minimum atomic E-state index is -1.26. The van der Waals surface area contributed by atoms with Crippen molar-refractivity contribution in [1.29, 1.82) is 0 Å². The van der Waals surface area contributed by atoms with E-state index in [1.54, 1.807) is 6.07 Å². The van der Waals surface area contributed by atoms with Gasteiger partial charge in [0.15, 0.2) is 0 Å². The Morgan fingerprint density at radius 1 is 0.796 bits per heavy atom. The molecule has 0 spiro atoms. The molecule has 0 heterocycles. The summed E-state index contributed by atoms with van der Waals surface area (Å²) in [4.78, 5) is 12.1. The van der Waals surface area contributed by atoms with Crippen LogP contribution in [0, 0.1) is 17.2 Å². The summed E-state index contributed by atoms with van der Waals surface area (Å²) in [5, 5.41) is 40.0. The van der Waals surface area contributed by atoms with Crippen LogP contribution in [0.15, 0.2) is 60.7 Å². The largest absolute Gasteiger partial charge is 0.492 e. The van der Waals surface area contributed by atoms with Gasteiger partial charge in [0.1, 0.15) is 24.8 Å². The van der Waals surface area contributed by atoms with Gasteiger partial charge in [0.2, 0.25) is 0 Å². The van der Waals surface area contributed by atoms with Crippen LogP contribution in [0.4, 0.5) is 4.39 Å². The molecular weight excluding hydrogens is 683 g/mol. The Labute approximate surface area is 322 Å². The molecule has 4 N–H and O–H groups in total. The quantitative estimate of drug-likeness (QED) is 0.0461. The van der Waals surface area contributed by atoms with E-state index in [4.69, 9.17) is 9.47 Å². The van der Waals surface area contributed by atoms with Gasteiger partial charge in [0.25, 0.3) is 0 Å². The number of ether oxygens (including phenoxy) is 2. The van der Waals surface area contributed by atoms with E-state index in [2.05, 4.69) is 32.6 Å². The third-order valence-corrected chi connectivity index (χ3v) is 11.1. The Balaban J connectivity index is 1.62. The van der Waals surface area contributed by atoms with Crippen LogP contribution >= 0.6 is 0 Å². The van der Waals surface area contributed by atoms with E-state index in [1.807, 2.05) is 30.3 Å². The molecule has 0 atom stereocenters. The molecule has 0 aliphatic heterocycles. The summed E-state index contributed by atoms with van der Waals surface area (Å²) >= 11 is 0. The van der Waals surface area contributed by atoms with Gasteiger partial charge in [-0.05, 0) is 134 Å². The molecule has 0 unspecified atom stereocenters. The maximum Gasteiger partial charge on any atom is 0.333 e. The molecule has 0 amide bonds. The third-order valence-electron chi connectivity index (χ3n) is 11.1. The number of unbranched alkanes of at least 4 members (excludes halogenated alkanes) is 2. The lowest BCUT2D eigenvalue weighted by molar-refractivity contribution is -0.146. The van der Waals surface area contributed by atoms with E-state index in [1.165, 1.54) is 45.4 Å². The summed E-state index contributed by atoms with van der Waals surface area (Å²) in [5.74, 6) is 0.970. The first-order valence-electron chi connectivity index (χ1n) is 20.1. The van der Waals surface area contributed by atoms with Gasteiger partial charge < -0.3 is 29.9 Å². The monoisotopic (exact) mass is 746 g/mol. The first-order chi connectivity index (χ1) is 26.1. The minimum Gasteiger partial charge on any atom is -0.492 e. The molecule has 1 aliphatic rings. The van der Waals surface area contributed by atoms with Crippen molar-refractivity contribution in [3.8, 4) is 28.0 Å². The molecule has 4 rings (SSSR count). The first-order valence-corrected chi connectivity index (χ1v) is 20.1. The Morgan fingerprint density at radius 2 is 1.43 bits per heavy atom. The number of halogens is 1. The van der Waals surface area contributed by atoms with Crippen LogP contribution in [0.3, 0.4) is 0 Å². The maximum absolute atomic E-state index is 15.9. The van der Waals surface area contributed by atoms with Crippen molar-refractivity contribution in [3.05, 3.63) is 88.8 Å². The lowest BCUT2D eigenvalue weighted by Crippen LogP contribution is -2.41. The molecule has 0 radical (unpaired) electrons. The topological polar surface area (TPSA) is 116 Å². The fourth-order valence-corrected chi connectivity index (χ4v) is 7.66. The highest BCUT2D eigenvalue weighted by atomic mass is 19.1. The second kappa shape index (κ2) is 21.5. The summed E-state index contributed by atoms with van der Waals surface area (Å²) in [6.45, 7) is 8.01. The molecule has 1 fully saturated rings. The number of rotatable bonds is 22. The fourth-order valence-electron chi connectivity index (χ4n) is 7.66. The third kappa shape index (κ3) is 11.5. The van der Waals surface area contributed by atoms with Crippen LogP contribution < -0.4 is 4.74 Å². The van der Waals surface area contributed by atoms with Crippen molar-refractivity contribution in [1.82, 2.24) is 0 Å². The smallest absolute Gasteiger partial charge is 0.333 e. The number of aliphatic hydroxyl groups excluding tert-OH is 4. The van der Waals surface area contributed by atoms with Crippen molar-refractivity contribution in [3.63, 3.8) is 0 Å². The Hall–Kier alpha value is -3.56. The zero-order valence-corrected chi connectivity index (χ0v) is 32.8. The van der Waals surface area contributed by atoms with Gasteiger partial charge in [-0.25, -0.2) is 9.18 Å². The van der Waals surface area contributed by atoms with Crippen LogP contribution in [0.2, 0.25) is 0 Å². The van der Waals surface area contributed by atoms with Crippen molar-refractivity contribution < 1.29 is 39.1 Å². The molecular formula is C46H63FO7. The van der Waals surface area contributed by atoms with Gasteiger partial charge in [-0.15, -0.1) is 0 Å². The number of carbonyl (C=O) groups excluding carboxylic acids is 1. The first kappa shape index (κ1) is 43.2. The molecule has 7 nitrogen and oxygen atoms in total. The minimum absolute atomic E-state index is 0.0247. The van der Waals surface area contributed by atoms with E-state index in [0.717, 1.165) is 57.7 Å². The fraction of sp³-hybridized carbons (Fsp3) is 0.543. The number of benzene rings is 3. The number of aryl methyl sites for hydroxylation is 3. The average molecular weight is 747 g/mol. The number of hydrogen-bond donors (Lipinski definition) is 4. The summed E-state index contributed by atoms with van der Waals surface area (Å²) in [6.07, 6.45) is 12.6. The number of esters is 1. The van der Waals surface area contributed by atoms with Crippen LogP contribution in [0.1, 0.15) is 113 Å². The van der Waals surface area contributed by atoms with Crippen LogP contribution in [-0.4, -0.2) is 66.0 Å². The van der Waals surface area contributed by atoms with Gasteiger partial charge >= 0.3 is 5.97 Å². The van der Waals surface area contributed by atoms with Crippen molar-refractivity contribution in [2.45, 2.75) is 110 Å². The number of carbonyl (C=O) groups is 1. The van der Waals surface area contributed by atoms with Gasteiger partial charge in [-0.3, -0.25) is 0 Å². The summed E-state index contributed by atoms with van der Waals surface area (Å²) in [7, 11) is 0. The van der Waals surface area contributed by atoms with E-state index in [0.29, 0.717) is 49.3 Å². The predicted molar refractivity (Wildman–Crippen MR) is 214 cm³/mol. The number of aliphatic hydroxyl groups is 4. The maximum atomic E-state index is 15.9. The lowest BCUT2D eigenvalue weighted by Gasteiger charge is -2.30. The van der Waals surface area contributed by atoms with Gasteiger partial charge in [-0.2, -0.15) is 0 Å². The zero-order valence-electron chi connectivity index (χ0n) is 32.8. The second-order valence-corrected chi connectivity index (χ2v) is 15.4. The molecule has 3 aromatic rings. The Bertz CT molecular complexity index is 1630. The Kier molecular flexibility index (Phi) is 17.2. The van der Waals surface area contributed by atoms with Gasteiger partial charge in [0.05, 0.1) is 18.6 Å². The highest BCUT2D eigenvalue weighted by Gasteiger charge is 2.33. The highest BCUT2D eigenvalue weighted by Crippen LogP contribution is 2.40. The van der Waals surface area contributed by atoms with E-state index >= 15 is 4.39 Å². The zero-order chi connectivity index (χ0) is 39.1. The lowest BCUT2D eigenvalue weighted by atomic mass is 9.77. The second-order valence-electron chi connectivity index (χ2n) is 15.4. The summed E-state index contributed by atoms with van der Waals surface area (Å²) < 4.78 is 27.6. The highest BCUT2D eigenvalue weighted by molar-refractivity contribution is 5.87. The molecule has 0 bridgehead atoms. The normalized spacial score (nSPS) is 16.0. The van der Waals surface area contributed by atoms with Crippen LogP contribution in [0.5, 0.6) is 5.75 Å².